The largest absolute Gasteiger partial charge is 0.478 e. The van der Waals surface area contributed by atoms with Crippen LogP contribution in [0.4, 0.5) is 0 Å². The Morgan fingerprint density at radius 3 is 2.23 bits per heavy atom. The topological polar surface area (TPSA) is 37.3 Å². The minimum Gasteiger partial charge on any atom is -0.478 e. The number of hydrogen-bond donors (Lipinski definition) is 1. The van der Waals surface area contributed by atoms with Crippen molar-refractivity contribution in [2.24, 2.45) is 0 Å². The summed E-state index contributed by atoms with van der Waals surface area (Å²) in [6, 6.07) is 18.3. The number of carboxylic acid groups (broad SMARTS) is 1. The van der Waals surface area contributed by atoms with Crippen LogP contribution in [0.5, 0.6) is 0 Å². The van der Waals surface area contributed by atoms with Crippen molar-refractivity contribution in [2.45, 2.75) is 51.2 Å². The molecule has 0 saturated carbocycles. The minimum absolute atomic E-state index is 0.122. The van der Waals surface area contributed by atoms with Gasteiger partial charge in [0.2, 0.25) is 0 Å². The van der Waals surface area contributed by atoms with Crippen LogP contribution in [0.3, 0.4) is 0 Å². The van der Waals surface area contributed by atoms with Gasteiger partial charge in [-0.3, -0.25) is 0 Å². The van der Waals surface area contributed by atoms with E-state index in [4.69, 9.17) is 5.11 Å². The van der Waals surface area contributed by atoms with E-state index in [1.165, 1.54) is 26.8 Å². The van der Waals surface area contributed by atoms with Crippen LogP contribution in [0.2, 0.25) is 0 Å². The molecule has 154 valence electrons. The van der Waals surface area contributed by atoms with Crippen LogP contribution < -0.4 is 0 Å². The maximum Gasteiger partial charge on any atom is 0.335 e. The van der Waals surface area contributed by atoms with E-state index in [2.05, 4.69) is 71.0 Å². The summed E-state index contributed by atoms with van der Waals surface area (Å²) in [7, 11) is 0. The fraction of sp³-hybridized carbons (Fsp3) is 0.296. The summed E-state index contributed by atoms with van der Waals surface area (Å²) >= 11 is 1.94. The number of thioether (sulfide) groups is 1. The first-order valence-electron chi connectivity index (χ1n) is 10.4. The normalized spacial score (nSPS) is 15.6. The lowest BCUT2D eigenvalue weighted by Gasteiger charge is -2.34. The zero-order chi connectivity index (χ0) is 21.7. The molecule has 1 N–H and O–H groups in total. The predicted molar refractivity (Wildman–Crippen MR) is 129 cm³/mol. The molecular formula is C27H28O2S. The molecule has 0 amide bonds. The smallest absolute Gasteiger partial charge is 0.335 e. The number of fused-ring (bicyclic) bond motifs is 2. The summed E-state index contributed by atoms with van der Waals surface area (Å²) < 4.78 is 0.160. The molecule has 1 aliphatic rings. The van der Waals surface area contributed by atoms with Crippen LogP contribution >= 0.6 is 11.8 Å². The Morgan fingerprint density at radius 2 is 1.60 bits per heavy atom. The second-order valence-electron chi connectivity index (χ2n) is 9.71. The number of hydrogen-bond acceptors (Lipinski definition) is 2. The molecule has 0 spiro atoms. The monoisotopic (exact) mass is 416 g/mol. The van der Waals surface area contributed by atoms with Gasteiger partial charge in [0.05, 0.1) is 5.56 Å². The maximum absolute atomic E-state index is 11.1. The van der Waals surface area contributed by atoms with Crippen molar-refractivity contribution in [3.8, 4) is 11.1 Å². The van der Waals surface area contributed by atoms with Crippen molar-refractivity contribution < 1.29 is 9.90 Å². The van der Waals surface area contributed by atoms with Gasteiger partial charge in [0.25, 0.3) is 0 Å². The molecule has 30 heavy (non-hydrogen) atoms. The Kier molecular flexibility index (Phi) is 5.06. The van der Waals surface area contributed by atoms with Gasteiger partial charge in [0.1, 0.15) is 0 Å². The van der Waals surface area contributed by atoms with E-state index in [1.807, 2.05) is 23.9 Å². The standard InChI is InChI=1S/C27H28O2S/c1-26(2,3)30-24-12-13-27(4,5)23-16-20-11-10-19(14-21(20)15-22(23)24)17-6-8-18(9-7-17)25(28)29/h6-12,14-16H,13H2,1-5H3,(H,28,29). The molecule has 0 aromatic heterocycles. The molecule has 0 atom stereocenters. The van der Waals surface area contributed by atoms with Crippen molar-refractivity contribution in [3.63, 3.8) is 0 Å². The highest BCUT2D eigenvalue weighted by Crippen LogP contribution is 2.48. The summed E-state index contributed by atoms with van der Waals surface area (Å²) in [5.74, 6) is -0.898. The molecule has 0 fully saturated rings. The van der Waals surface area contributed by atoms with E-state index >= 15 is 0 Å². The zero-order valence-electron chi connectivity index (χ0n) is 18.2. The summed E-state index contributed by atoms with van der Waals surface area (Å²) in [6.45, 7) is 11.4. The van der Waals surface area contributed by atoms with E-state index < -0.39 is 5.97 Å². The number of carbonyl (C=O) groups is 1. The number of allylic oxidation sites excluding steroid dienone is 1. The van der Waals surface area contributed by atoms with E-state index in [9.17, 15) is 4.79 Å². The summed E-state index contributed by atoms with van der Waals surface area (Å²) in [5, 5.41) is 11.6. The van der Waals surface area contributed by atoms with Crippen LogP contribution in [0.25, 0.3) is 26.8 Å². The lowest BCUT2D eigenvalue weighted by atomic mass is 9.75. The molecule has 0 bridgehead atoms. The second kappa shape index (κ2) is 7.31. The number of rotatable bonds is 3. The highest BCUT2D eigenvalue weighted by Gasteiger charge is 2.30. The molecule has 0 saturated heterocycles. The Morgan fingerprint density at radius 1 is 0.933 bits per heavy atom. The lowest BCUT2D eigenvalue weighted by molar-refractivity contribution is 0.0697. The molecule has 0 unspecified atom stereocenters. The molecule has 3 aromatic rings. The fourth-order valence-electron chi connectivity index (χ4n) is 4.04. The van der Waals surface area contributed by atoms with Gasteiger partial charge >= 0.3 is 5.97 Å². The van der Waals surface area contributed by atoms with Crippen LogP contribution in [-0.2, 0) is 5.41 Å². The van der Waals surface area contributed by atoms with Crippen LogP contribution in [0.1, 0.15) is 62.5 Å². The fourth-order valence-corrected chi connectivity index (χ4v) is 5.15. The van der Waals surface area contributed by atoms with Crippen molar-refractivity contribution >= 4 is 33.4 Å². The Balaban J connectivity index is 1.82. The molecule has 3 aromatic carbocycles. The first-order chi connectivity index (χ1) is 14.0. The van der Waals surface area contributed by atoms with E-state index in [0.717, 1.165) is 17.5 Å². The van der Waals surface area contributed by atoms with E-state index in [-0.39, 0.29) is 10.2 Å². The summed E-state index contributed by atoms with van der Waals surface area (Å²) in [4.78, 5) is 12.5. The number of aromatic carboxylic acids is 1. The number of benzene rings is 3. The van der Waals surface area contributed by atoms with Gasteiger partial charge in [-0.1, -0.05) is 65.0 Å². The Hall–Kier alpha value is -2.52. The van der Waals surface area contributed by atoms with Crippen molar-refractivity contribution in [2.75, 3.05) is 0 Å². The molecule has 0 heterocycles. The minimum atomic E-state index is -0.898. The van der Waals surface area contributed by atoms with Gasteiger partial charge in [0, 0.05) is 9.65 Å². The van der Waals surface area contributed by atoms with Gasteiger partial charge in [-0.15, -0.1) is 11.8 Å². The Bertz CT molecular complexity index is 1160. The third-order valence-electron chi connectivity index (χ3n) is 5.65. The molecule has 4 rings (SSSR count). The SMILES string of the molecule is CC(C)(C)SC1=CCC(C)(C)c2cc3ccc(-c4ccc(C(=O)O)cc4)cc3cc21. The molecule has 1 aliphatic carbocycles. The second-order valence-corrected chi connectivity index (χ2v) is 11.6. The first-order valence-corrected chi connectivity index (χ1v) is 11.2. The number of carboxylic acids is 1. The van der Waals surface area contributed by atoms with Crippen molar-refractivity contribution in [3.05, 3.63) is 77.4 Å². The van der Waals surface area contributed by atoms with Gasteiger partial charge < -0.3 is 5.11 Å². The van der Waals surface area contributed by atoms with Crippen molar-refractivity contribution in [1.82, 2.24) is 0 Å². The molecular weight excluding hydrogens is 388 g/mol. The quantitative estimate of drug-likeness (QED) is 0.474. The lowest BCUT2D eigenvalue weighted by Crippen LogP contribution is -2.22. The van der Waals surface area contributed by atoms with Gasteiger partial charge in [0.15, 0.2) is 0 Å². The first kappa shape index (κ1) is 20.7. The molecule has 3 heteroatoms. The maximum atomic E-state index is 11.1. The van der Waals surface area contributed by atoms with Crippen molar-refractivity contribution in [1.29, 1.82) is 0 Å². The average molecular weight is 417 g/mol. The third-order valence-corrected chi connectivity index (χ3v) is 6.87. The van der Waals surface area contributed by atoms with Crippen LogP contribution in [0.15, 0.2) is 60.7 Å². The molecule has 0 aliphatic heterocycles. The van der Waals surface area contributed by atoms with Gasteiger partial charge in [-0.2, -0.15) is 0 Å². The van der Waals surface area contributed by atoms with Crippen LogP contribution in [-0.4, -0.2) is 15.8 Å². The molecule has 0 radical (unpaired) electrons. The highest BCUT2D eigenvalue weighted by atomic mass is 32.2. The highest BCUT2D eigenvalue weighted by molar-refractivity contribution is 8.09. The predicted octanol–water partition coefficient (Wildman–Crippen LogP) is 7.76. The van der Waals surface area contributed by atoms with E-state index in [0.29, 0.717) is 5.56 Å². The van der Waals surface area contributed by atoms with Gasteiger partial charge in [-0.25, -0.2) is 4.79 Å². The van der Waals surface area contributed by atoms with Gasteiger partial charge in [-0.05, 0) is 75.2 Å². The zero-order valence-corrected chi connectivity index (χ0v) is 19.1. The third kappa shape index (κ3) is 4.04. The average Bonchev–Trinajstić information content (AvgIpc) is 2.68. The summed E-state index contributed by atoms with van der Waals surface area (Å²) in [5.41, 5.74) is 5.32. The Labute approximate surface area is 183 Å². The van der Waals surface area contributed by atoms with Crippen LogP contribution in [0, 0.1) is 0 Å². The summed E-state index contributed by atoms with van der Waals surface area (Å²) in [6.07, 6.45) is 3.45. The van der Waals surface area contributed by atoms with E-state index in [1.54, 1.807) is 12.1 Å². The molecule has 2 nitrogen and oxygen atoms in total.